The molecule has 2 atom stereocenters. The number of carboxylic acids is 1. The number of carbonyl (C=O) groups is 1. The molecule has 1 fully saturated rings. The van der Waals surface area contributed by atoms with Crippen molar-refractivity contribution < 1.29 is 33.2 Å². The smallest absolute Gasteiger partial charge is 0.478 e. The number of nitroso groups, excluding NO2 is 1. The first-order valence-electron chi connectivity index (χ1n) is 6.75. The second-order valence-corrected chi connectivity index (χ2v) is 5.08. The molecule has 1 aliphatic rings. The van der Waals surface area contributed by atoms with Crippen LogP contribution in [-0.4, -0.2) is 20.8 Å². The minimum atomic E-state index is -1.48. The van der Waals surface area contributed by atoms with Crippen molar-refractivity contribution in [2.75, 3.05) is 0 Å². The van der Waals surface area contributed by atoms with Crippen LogP contribution in [0, 0.1) is 21.4 Å². The van der Waals surface area contributed by atoms with Gasteiger partial charge in [0.25, 0.3) is 0 Å². The van der Waals surface area contributed by atoms with Crippen molar-refractivity contribution in [3.05, 3.63) is 80.6 Å². The van der Waals surface area contributed by atoms with Crippen LogP contribution in [0.15, 0.2) is 42.5 Å². The summed E-state index contributed by atoms with van der Waals surface area (Å²) in [6, 6.07) is 7.94. The first-order valence-corrected chi connectivity index (χ1v) is 6.75. The third-order valence-electron chi connectivity index (χ3n) is 3.54. The summed E-state index contributed by atoms with van der Waals surface area (Å²) >= 11 is 0. The topological polar surface area (TPSA) is 86.7 Å². The molecule has 2 aromatic rings. The third-order valence-corrected chi connectivity index (χ3v) is 3.54. The highest BCUT2D eigenvalue weighted by molar-refractivity contribution is 5.87. The zero-order valence-electron chi connectivity index (χ0n) is 11.9. The summed E-state index contributed by atoms with van der Waals surface area (Å²) in [6.07, 6.45) is -2.95. The lowest BCUT2D eigenvalue weighted by atomic mass is 10.1. The standard InChI is InChI=1S/C15H9F2N2O5/c16-11-5-4-9(7-12(11)17)14-18(22)13(19(23)24-14)8-2-1-3-10(6-8)15(20)21/h1-7,13-14H/q+1/p+1. The van der Waals surface area contributed by atoms with Gasteiger partial charge in [-0.05, 0) is 36.4 Å². The van der Waals surface area contributed by atoms with Crippen molar-refractivity contribution in [1.29, 1.82) is 0 Å². The zero-order chi connectivity index (χ0) is 17.4. The van der Waals surface area contributed by atoms with Crippen molar-refractivity contribution in [2.24, 2.45) is 0 Å². The van der Waals surface area contributed by atoms with Crippen LogP contribution in [0.25, 0.3) is 0 Å². The Balaban J connectivity index is 1.96. The lowest BCUT2D eigenvalue weighted by Crippen LogP contribution is -2.16. The SMILES string of the molecule is O=C(O)c1cccc(C2[N+](=O)OC(c3ccc(F)c(F)c3)[N+]2=O)c1. The Hall–Kier alpha value is -3.23. The second kappa shape index (κ2) is 5.76. The molecule has 1 aliphatic heterocycles. The van der Waals surface area contributed by atoms with Crippen molar-refractivity contribution in [3.63, 3.8) is 0 Å². The normalized spacial score (nSPS) is 20.1. The number of carboxylic acid groups (broad SMARTS) is 1. The number of hydrogen-bond donors (Lipinski definition) is 1. The van der Waals surface area contributed by atoms with Crippen LogP contribution in [0.5, 0.6) is 0 Å². The van der Waals surface area contributed by atoms with Crippen molar-refractivity contribution in [2.45, 2.75) is 12.4 Å². The van der Waals surface area contributed by atoms with E-state index in [0.29, 0.717) is 0 Å². The van der Waals surface area contributed by atoms with E-state index in [2.05, 4.69) is 0 Å². The van der Waals surface area contributed by atoms with Gasteiger partial charge in [0.2, 0.25) is 0 Å². The summed E-state index contributed by atoms with van der Waals surface area (Å²) in [5, 5.41) is 8.98. The van der Waals surface area contributed by atoms with Crippen LogP contribution < -0.4 is 0 Å². The number of halogens is 2. The van der Waals surface area contributed by atoms with Gasteiger partial charge in [-0.3, -0.25) is 0 Å². The number of rotatable bonds is 3. The summed E-state index contributed by atoms with van der Waals surface area (Å²) in [6.45, 7) is 0. The molecule has 0 amide bonds. The van der Waals surface area contributed by atoms with E-state index in [9.17, 15) is 23.4 Å². The fourth-order valence-corrected chi connectivity index (χ4v) is 2.40. The van der Waals surface area contributed by atoms with Crippen molar-refractivity contribution in [3.8, 4) is 0 Å². The van der Waals surface area contributed by atoms with Crippen LogP contribution >= 0.6 is 0 Å². The van der Waals surface area contributed by atoms with E-state index in [1.54, 1.807) is 0 Å². The molecule has 0 spiro atoms. The molecule has 24 heavy (non-hydrogen) atoms. The highest BCUT2D eigenvalue weighted by atomic mass is 19.2. The molecule has 0 saturated carbocycles. The molecular formula is C15H10F2N2O5+2. The van der Waals surface area contributed by atoms with Crippen LogP contribution in [0.1, 0.15) is 33.9 Å². The summed E-state index contributed by atoms with van der Waals surface area (Å²) in [5.74, 6) is -3.50. The molecule has 1 N–H and O–H groups in total. The minimum absolute atomic E-state index is 0.000107. The van der Waals surface area contributed by atoms with Gasteiger partial charge >= 0.3 is 23.3 Å². The maximum atomic E-state index is 13.3. The summed E-state index contributed by atoms with van der Waals surface area (Å²) in [4.78, 5) is 40.2. The number of hydrogen-bond acceptors (Lipinski definition) is 4. The van der Waals surface area contributed by atoms with Gasteiger partial charge in [-0.25, -0.2) is 13.6 Å². The number of aromatic carboxylic acids is 1. The van der Waals surface area contributed by atoms with Gasteiger partial charge in [0.1, 0.15) is 10.3 Å². The molecule has 9 heteroatoms. The summed E-state index contributed by atoms with van der Waals surface area (Å²) < 4.78 is 26.5. The molecular weight excluding hydrogens is 326 g/mol. The molecule has 2 unspecified atom stereocenters. The molecule has 0 aliphatic carbocycles. The highest BCUT2D eigenvalue weighted by Crippen LogP contribution is 2.35. The molecule has 0 aromatic heterocycles. The predicted molar refractivity (Wildman–Crippen MR) is 73.6 cm³/mol. The maximum Gasteiger partial charge on any atom is 0.511 e. The van der Waals surface area contributed by atoms with Gasteiger partial charge in [-0.15, -0.1) is 4.84 Å². The van der Waals surface area contributed by atoms with E-state index >= 15 is 0 Å². The summed E-state index contributed by atoms with van der Waals surface area (Å²) in [7, 11) is 0. The Kier molecular flexibility index (Phi) is 3.76. The average molecular weight is 336 g/mol. The van der Waals surface area contributed by atoms with E-state index in [-0.39, 0.29) is 26.4 Å². The van der Waals surface area contributed by atoms with Gasteiger partial charge in [-0.1, -0.05) is 6.07 Å². The summed E-state index contributed by atoms with van der Waals surface area (Å²) in [5.41, 5.74) is -0.0443. The Morgan fingerprint density at radius 2 is 1.79 bits per heavy atom. The van der Waals surface area contributed by atoms with Gasteiger partial charge in [0.15, 0.2) is 11.6 Å². The quantitative estimate of drug-likeness (QED) is 0.871. The molecule has 7 nitrogen and oxygen atoms in total. The minimum Gasteiger partial charge on any atom is -0.478 e. The van der Waals surface area contributed by atoms with Crippen LogP contribution in [0.2, 0.25) is 0 Å². The fraction of sp³-hybridized carbons (Fsp3) is 0.133. The van der Waals surface area contributed by atoms with Gasteiger partial charge in [0, 0.05) is 4.91 Å². The number of benzene rings is 2. The lowest BCUT2D eigenvalue weighted by molar-refractivity contribution is -0.842. The fourth-order valence-electron chi connectivity index (χ4n) is 2.40. The predicted octanol–water partition coefficient (Wildman–Crippen LogP) is 2.86. The second-order valence-electron chi connectivity index (χ2n) is 5.08. The van der Waals surface area contributed by atoms with Gasteiger partial charge in [0.05, 0.1) is 16.0 Å². The molecule has 1 heterocycles. The Morgan fingerprint density at radius 1 is 1.04 bits per heavy atom. The first-order chi connectivity index (χ1) is 11.4. The van der Waals surface area contributed by atoms with E-state index in [1.165, 1.54) is 24.3 Å². The van der Waals surface area contributed by atoms with Gasteiger partial charge < -0.3 is 5.11 Å². The lowest BCUT2D eigenvalue weighted by Gasteiger charge is -1.98. The highest BCUT2D eigenvalue weighted by Gasteiger charge is 2.61. The van der Waals surface area contributed by atoms with E-state index in [4.69, 9.17) is 9.94 Å². The van der Waals surface area contributed by atoms with E-state index < -0.39 is 30.0 Å². The van der Waals surface area contributed by atoms with Crippen molar-refractivity contribution >= 4 is 5.97 Å². The van der Waals surface area contributed by atoms with Crippen molar-refractivity contribution in [1.82, 2.24) is 0 Å². The molecule has 3 rings (SSSR count). The van der Waals surface area contributed by atoms with Crippen LogP contribution in [-0.2, 0) is 4.84 Å². The third kappa shape index (κ3) is 2.60. The largest absolute Gasteiger partial charge is 0.511 e. The van der Waals surface area contributed by atoms with E-state index in [0.717, 1.165) is 18.2 Å². The average Bonchev–Trinajstić information content (AvgIpc) is 2.85. The molecule has 0 bridgehead atoms. The number of nitrogens with zero attached hydrogens (tertiary/aromatic N) is 2. The molecule has 122 valence electrons. The van der Waals surface area contributed by atoms with Gasteiger partial charge in [-0.2, -0.15) is 0 Å². The Morgan fingerprint density at radius 3 is 2.46 bits per heavy atom. The maximum absolute atomic E-state index is 13.3. The molecule has 0 radical (unpaired) electrons. The van der Waals surface area contributed by atoms with E-state index in [1.807, 2.05) is 0 Å². The first kappa shape index (κ1) is 15.7. The molecule has 2 aromatic carbocycles. The Bertz CT molecular complexity index is 871. The molecule has 1 saturated heterocycles. The zero-order valence-corrected chi connectivity index (χ0v) is 11.9. The van der Waals surface area contributed by atoms with Crippen LogP contribution in [0.4, 0.5) is 8.78 Å². The van der Waals surface area contributed by atoms with Crippen LogP contribution in [0.3, 0.4) is 0 Å². The monoisotopic (exact) mass is 336 g/mol. The Labute approximate surface area is 133 Å².